The molecule has 9 atom stereocenters. The third-order valence-corrected chi connectivity index (χ3v) is 12.7. The Morgan fingerprint density at radius 2 is 1.69 bits per heavy atom. The Morgan fingerprint density at radius 3 is 2.26 bits per heavy atom. The van der Waals surface area contributed by atoms with E-state index in [0.29, 0.717) is 46.8 Å². The molecule has 35 heavy (non-hydrogen) atoms. The molecular formula is C33H54O2. The SMILES string of the molecule is C=C(C)C1CCC2C(CCC3(C)C(C(C)CC(C)C(=C)C(C)(C)CC)CCC23C)C12CCC(=O)O2. The van der Waals surface area contributed by atoms with E-state index in [9.17, 15) is 4.79 Å². The third kappa shape index (κ3) is 3.99. The lowest BCUT2D eigenvalue weighted by Gasteiger charge is -2.63. The summed E-state index contributed by atoms with van der Waals surface area (Å²) in [6.07, 6.45) is 11.5. The Balaban J connectivity index is 1.57. The van der Waals surface area contributed by atoms with Gasteiger partial charge in [0, 0.05) is 18.3 Å². The van der Waals surface area contributed by atoms with E-state index in [1.807, 2.05) is 0 Å². The zero-order valence-electron chi connectivity index (χ0n) is 24.3. The highest BCUT2D eigenvalue weighted by molar-refractivity contribution is 5.72. The molecule has 0 aromatic carbocycles. The van der Waals surface area contributed by atoms with Gasteiger partial charge in [-0.05, 0) is 105 Å². The van der Waals surface area contributed by atoms with Gasteiger partial charge in [-0.2, -0.15) is 0 Å². The molecule has 0 aromatic rings. The molecule has 3 aliphatic carbocycles. The number of carbonyl (C=O) groups excluding carboxylic acids is 1. The van der Waals surface area contributed by atoms with Crippen molar-refractivity contribution >= 4 is 5.97 Å². The molecule has 9 unspecified atom stereocenters. The van der Waals surface area contributed by atoms with Crippen LogP contribution in [0.1, 0.15) is 120 Å². The van der Waals surface area contributed by atoms with Crippen LogP contribution in [0.5, 0.6) is 0 Å². The van der Waals surface area contributed by atoms with Gasteiger partial charge in [0.15, 0.2) is 0 Å². The van der Waals surface area contributed by atoms with Gasteiger partial charge in [0.2, 0.25) is 0 Å². The van der Waals surface area contributed by atoms with Crippen LogP contribution in [-0.4, -0.2) is 11.6 Å². The van der Waals surface area contributed by atoms with Crippen molar-refractivity contribution in [1.82, 2.24) is 0 Å². The fourth-order valence-electron chi connectivity index (χ4n) is 10.1. The summed E-state index contributed by atoms with van der Waals surface area (Å²) >= 11 is 0. The van der Waals surface area contributed by atoms with Gasteiger partial charge in [0.05, 0.1) is 0 Å². The molecule has 1 heterocycles. The van der Waals surface area contributed by atoms with E-state index in [0.717, 1.165) is 25.2 Å². The van der Waals surface area contributed by atoms with Crippen LogP contribution in [0.15, 0.2) is 24.3 Å². The summed E-state index contributed by atoms with van der Waals surface area (Å²) in [5.74, 6) is 3.58. The predicted molar refractivity (Wildman–Crippen MR) is 147 cm³/mol. The van der Waals surface area contributed by atoms with Crippen LogP contribution < -0.4 is 0 Å². The van der Waals surface area contributed by atoms with Crippen molar-refractivity contribution in [2.24, 2.45) is 51.8 Å². The van der Waals surface area contributed by atoms with Gasteiger partial charge in [-0.25, -0.2) is 0 Å². The van der Waals surface area contributed by atoms with Gasteiger partial charge in [-0.15, -0.1) is 0 Å². The Hall–Kier alpha value is -1.05. The number of hydrogen-bond acceptors (Lipinski definition) is 2. The van der Waals surface area contributed by atoms with E-state index in [2.05, 4.69) is 68.5 Å². The van der Waals surface area contributed by atoms with Crippen molar-refractivity contribution in [2.45, 2.75) is 125 Å². The van der Waals surface area contributed by atoms with Crippen LogP contribution in [0.3, 0.4) is 0 Å². The first-order valence-electron chi connectivity index (χ1n) is 14.8. The number of allylic oxidation sites excluding steroid dienone is 1. The first-order chi connectivity index (χ1) is 16.2. The molecule has 0 radical (unpaired) electrons. The minimum atomic E-state index is -0.280. The highest BCUT2D eigenvalue weighted by Gasteiger charge is 2.68. The van der Waals surface area contributed by atoms with Gasteiger partial charge < -0.3 is 4.74 Å². The third-order valence-electron chi connectivity index (χ3n) is 12.7. The lowest BCUT2D eigenvalue weighted by molar-refractivity contribution is -0.196. The molecule has 1 saturated heterocycles. The Labute approximate surface area is 216 Å². The van der Waals surface area contributed by atoms with Gasteiger partial charge in [0.1, 0.15) is 5.60 Å². The normalized spacial score (nSPS) is 42.8. The molecule has 2 heteroatoms. The van der Waals surface area contributed by atoms with Crippen LogP contribution in [0, 0.1) is 51.8 Å². The number of rotatable bonds is 7. The second kappa shape index (κ2) is 9.05. The van der Waals surface area contributed by atoms with E-state index in [4.69, 9.17) is 4.74 Å². The summed E-state index contributed by atoms with van der Waals surface area (Å²) in [6.45, 7) is 28.3. The molecule has 0 N–H and O–H groups in total. The zero-order valence-corrected chi connectivity index (χ0v) is 24.3. The van der Waals surface area contributed by atoms with Crippen LogP contribution in [0.25, 0.3) is 0 Å². The molecule has 4 fully saturated rings. The van der Waals surface area contributed by atoms with Crippen LogP contribution in [0.4, 0.5) is 0 Å². The largest absolute Gasteiger partial charge is 0.458 e. The number of carbonyl (C=O) groups is 1. The van der Waals surface area contributed by atoms with Crippen LogP contribution in [-0.2, 0) is 9.53 Å². The van der Waals surface area contributed by atoms with Crippen molar-refractivity contribution in [1.29, 1.82) is 0 Å². The lowest BCUT2D eigenvalue weighted by atomic mass is 9.43. The lowest BCUT2D eigenvalue weighted by Crippen LogP contribution is -2.60. The molecule has 0 aromatic heterocycles. The standard InChI is InChI=1S/C33H54O2/c1-11-30(7,8)24(6)22(4)20-23(5)26-14-17-32(10)27-13-12-25(21(2)3)33(19-16-29(34)35-33)28(27)15-18-31(26,32)9/h22-23,25-28H,2,6,11-20H2,1,3-5,7-10H3. The van der Waals surface area contributed by atoms with Crippen molar-refractivity contribution < 1.29 is 9.53 Å². The fourth-order valence-corrected chi connectivity index (χ4v) is 10.1. The molecule has 1 aliphatic heterocycles. The molecule has 0 bridgehead atoms. The molecule has 0 amide bonds. The Bertz CT molecular complexity index is 868. The number of ether oxygens (including phenoxy) is 1. The van der Waals surface area contributed by atoms with E-state index in [1.165, 1.54) is 49.7 Å². The smallest absolute Gasteiger partial charge is 0.306 e. The molecule has 4 aliphatic rings. The van der Waals surface area contributed by atoms with Crippen molar-refractivity contribution in [3.63, 3.8) is 0 Å². The maximum atomic E-state index is 12.5. The second-order valence-corrected chi connectivity index (χ2v) is 14.5. The van der Waals surface area contributed by atoms with E-state index >= 15 is 0 Å². The van der Waals surface area contributed by atoms with Crippen LogP contribution >= 0.6 is 0 Å². The summed E-state index contributed by atoms with van der Waals surface area (Å²) in [7, 11) is 0. The molecular weight excluding hydrogens is 428 g/mol. The highest BCUT2D eigenvalue weighted by Crippen LogP contribution is 2.72. The maximum absolute atomic E-state index is 12.5. The monoisotopic (exact) mass is 482 g/mol. The summed E-state index contributed by atoms with van der Waals surface area (Å²) in [5.41, 5.74) is 3.30. The average molecular weight is 483 g/mol. The molecule has 2 nitrogen and oxygen atoms in total. The molecule has 3 saturated carbocycles. The predicted octanol–water partition coefficient (Wildman–Crippen LogP) is 9.15. The van der Waals surface area contributed by atoms with Crippen molar-refractivity contribution in [3.05, 3.63) is 24.3 Å². The van der Waals surface area contributed by atoms with Gasteiger partial charge in [-0.3, -0.25) is 4.79 Å². The summed E-state index contributed by atoms with van der Waals surface area (Å²) in [4.78, 5) is 12.5. The minimum absolute atomic E-state index is 0.0255. The molecule has 198 valence electrons. The van der Waals surface area contributed by atoms with Gasteiger partial charge in [-0.1, -0.05) is 72.8 Å². The maximum Gasteiger partial charge on any atom is 0.306 e. The van der Waals surface area contributed by atoms with E-state index in [-0.39, 0.29) is 17.0 Å². The van der Waals surface area contributed by atoms with E-state index < -0.39 is 0 Å². The summed E-state index contributed by atoms with van der Waals surface area (Å²) in [6, 6.07) is 0. The minimum Gasteiger partial charge on any atom is -0.458 e. The van der Waals surface area contributed by atoms with Crippen LogP contribution in [0.2, 0.25) is 0 Å². The fraction of sp³-hybridized carbons (Fsp3) is 0.848. The highest BCUT2D eigenvalue weighted by atomic mass is 16.6. The summed E-state index contributed by atoms with van der Waals surface area (Å²) in [5, 5.41) is 0. The number of fused-ring (bicyclic) bond motifs is 4. The van der Waals surface area contributed by atoms with Crippen molar-refractivity contribution in [2.75, 3.05) is 0 Å². The number of hydrogen-bond donors (Lipinski definition) is 0. The topological polar surface area (TPSA) is 26.3 Å². The zero-order chi connectivity index (χ0) is 26.0. The Morgan fingerprint density at radius 1 is 1.03 bits per heavy atom. The first kappa shape index (κ1) is 27.0. The molecule has 1 spiro atoms. The van der Waals surface area contributed by atoms with E-state index in [1.54, 1.807) is 0 Å². The average Bonchev–Trinajstić information content (AvgIpc) is 3.30. The quantitative estimate of drug-likeness (QED) is 0.267. The Kier molecular flexibility index (Phi) is 6.98. The van der Waals surface area contributed by atoms with Crippen molar-refractivity contribution in [3.8, 4) is 0 Å². The van der Waals surface area contributed by atoms with Gasteiger partial charge in [0.25, 0.3) is 0 Å². The second-order valence-electron chi connectivity index (χ2n) is 14.5. The summed E-state index contributed by atoms with van der Waals surface area (Å²) < 4.78 is 6.35. The number of esters is 1. The van der Waals surface area contributed by atoms with Gasteiger partial charge >= 0.3 is 5.97 Å². The first-order valence-corrected chi connectivity index (χ1v) is 14.8. The molecule has 4 rings (SSSR count).